The largest absolute Gasteiger partial charge is 0.465 e. The maximum atomic E-state index is 11.9. The zero-order valence-corrected chi connectivity index (χ0v) is 14.8. The van der Waals surface area contributed by atoms with E-state index in [0.29, 0.717) is 13.2 Å². The molecule has 0 aliphatic rings. The molecule has 0 saturated carbocycles. The lowest BCUT2D eigenvalue weighted by molar-refractivity contribution is -0.165. The van der Waals surface area contributed by atoms with Gasteiger partial charge in [0.15, 0.2) is 6.10 Å². The number of aliphatic hydroxyl groups excluding tert-OH is 1. The molecule has 0 bridgehead atoms. The molecule has 1 rings (SSSR count). The van der Waals surface area contributed by atoms with Crippen molar-refractivity contribution in [2.45, 2.75) is 45.8 Å². The normalized spacial score (nSPS) is 12.4. The smallest absolute Gasteiger partial charge is 0.335 e. The highest BCUT2D eigenvalue weighted by molar-refractivity contribution is 5.76. The fraction of sp³-hybridized carbons (Fsp3) is 0.556. The van der Waals surface area contributed by atoms with Crippen molar-refractivity contribution in [2.24, 2.45) is 0 Å². The second kappa shape index (κ2) is 9.27. The molecule has 134 valence electrons. The molecule has 1 N–H and O–H groups in total. The molecule has 0 saturated heterocycles. The summed E-state index contributed by atoms with van der Waals surface area (Å²) in [6.07, 6.45) is -1.08. The molecule has 1 atom stereocenters. The predicted molar refractivity (Wildman–Crippen MR) is 91.8 cm³/mol. The molecule has 6 nitrogen and oxygen atoms in total. The molecular formula is C18H27NO5. The van der Waals surface area contributed by atoms with Crippen molar-refractivity contribution in [3.05, 3.63) is 30.3 Å². The SMILES string of the molecule is CCOC(=O)CN(CCC(O)C(=O)OC(C)(C)C)c1ccccc1. The first-order valence-corrected chi connectivity index (χ1v) is 8.09. The van der Waals surface area contributed by atoms with Crippen LogP contribution in [0.4, 0.5) is 5.69 Å². The lowest BCUT2D eigenvalue weighted by Crippen LogP contribution is -2.37. The van der Waals surface area contributed by atoms with Gasteiger partial charge in [0.2, 0.25) is 0 Å². The number of nitrogens with zero attached hydrogens (tertiary/aromatic N) is 1. The lowest BCUT2D eigenvalue weighted by atomic mass is 10.1. The number of ether oxygens (including phenoxy) is 2. The van der Waals surface area contributed by atoms with Crippen molar-refractivity contribution in [2.75, 3.05) is 24.6 Å². The van der Waals surface area contributed by atoms with Gasteiger partial charge in [-0.15, -0.1) is 0 Å². The summed E-state index contributed by atoms with van der Waals surface area (Å²) in [5.41, 5.74) is 0.171. The Hall–Kier alpha value is -2.08. The summed E-state index contributed by atoms with van der Waals surface area (Å²) in [4.78, 5) is 25.4. The van der Waals surface area contributed by atoms with Gasteiger partial charge < -0.3 is 19.5 Å². The van der Waals surface area contributed by atoms with Crippen molar-refractivity contribution in [1.29, 1.82) is 0 Å². The van der Waals surface area contributed by atoms with Crippen molar-refractivity contribution >= 4 is 17.6 Å². The summed E-state index contributed by atoms with van der Waals surface area (Å²) >= 11 is 0. The van der Waals surface area contributed by atoms with E-state index in [4.69, 9.17) is 9.47 Å². The number of para-hydroxylation sites is 1. The Morgan fingerprint density at radius 2 is 1.83 bits per heavy atom. The standard InChI is InChI=1S/C18H27NO5/c1-5-23-16(21)13-19(14-9-7-6-8-10-14)12-11-15(20)17(22)24-18(2,3)4/h6-10,15,20H,5,11-13H2,1-4H3. The minimum absolute atomic E-state index is 0.0545. The first kappa shape index (κ1) is 20.0. The third kappa shape index (κ3) is 7.46. The summed E-state index contributed by atoms with van der Waals surface area (Å²) in [7, 11) is 0. The highest BCUT2D eigenvalue weighted by Gasteiger charge is 2.24. The number of hydrogen-bond donors (Lipinski definition) is 1. The van der Waals surface area contributed by atoms with Crippen molar-refractivity contribution in [3.63, 3.8) is 0 Å². The third-order valence-corrected chi connectivity index (χ3v) is 3.10. The minimum atomic E-state index is -1.24. The Morgan fingerprint density at radius 3 is 2.38 bits per heavy atom. The van der Waals surface area contributed by atoms with Crippen LogP contribution in [0.5, 0.6) is 0 Å². The van der Waals surface area contributed by atoms with Crippen LogP contribution in [0.25, 0.3) is 0 Å². The summed E-state index contributed by atoms with van der Waals surface area (Å²) in [5, 5.41) is 10.00. The van der Waals surface area contributed by atoms with Crippen molar-refractivity contribution < 1.29 is 24.2 Å². The van der Waals surface area contributed by atoms with E-state index in [1.165, 1.54) is 0 Å². The molecule has 0 spiro atoms. The van der Waals surface area contributed by atoms with E-state index in [2.05, 4.69) is 0 Å². The summed E-state index contributed by atoms with van der Waals surface area (Å²) < 4.78 is 10.1. The van der Waals surface area contributed by atoms with E-state index in [0.717, 1.165) is 5.69 Å². The molecule has 6 heteroatoms. The highest BCUT2D eigenvalue weighted by Crippen LogP contribution is 2.15. The highest BCUT2D eigenvalue weighted by atomic mass is 16.6. The van der Waals surface area contributed by atoms with Gasteiger partial charge in [-0.05, 0) is 39.8 Å². The Bertz CT molecular complexity index is 524. The van der Waals surface area contributed by atoms with Crippen LogP contribution in [0.2, 0.25) is 0 Å². The molecule has 1 aromatic rings. The molecule has 24 heavy (non-hydrogen) atoms. The van der Waals surface area contributed by atoms with E-state index in [1.807, 2.05) is 30.3 Å². The van der Waals surface area contributed by atoms with Crippen LogP contribution in [-0.4, -0.2) is 48.4 Å². The zero-order chi connectivity index (χ0) is 18.2. The number of aliphatic hydroxyl groups is 1. The van der Waals surface area contributed by atoms with Crippen LogP contribution < -0.4 is 4.90 Å². The molecule has 1 aromatic carbocycles. The minimum Gasteiger partial charge on any atom is -0.465 e. The van der Waals surface area contributed by atoms with Crippen molar-refractivity contribution in [3.8, 4) is 0 Å². The van der Waals surface area contributed by atoms with Crippen LogP contribution in [0.1, 0.15) is 34.1 Å². The lowest BCUT2D eigenvalue weighted by Gasteiger charge is -2.26. The maximum Gasteiger partial charge on any atom is 0.335 e. The van der Waals surface area contributed by atoms with E-state index in [1.54, 1.807) is 32.6 Å². The molecule has 0 radical (unpaired) electrons. The van der Waals surface area contributed by atoms with E-state index in [-0.39, 0.29) is 18.9 Å². The fourth-order valence-corrected chi connectivity index (χ4v) is 2.07. The number of hydrogen-bond acceptors (Lipinski definition) is 6. The van der Waals surface area contributed by atoms with E-state index < -0.39 is 17.7 Å². The van der Waals surface area contributed by atoms with Gasteiger partial charge in [0, 0.05) is 18.7 Å². The van der Waals surface area contributed by atoms with Gasteiger partial charge in [-0.2, -0.15) is 0 Å². The van der Waals surface area contributed by atoms with Crippen LogP contribution in [-0.2, 0) is 19.1 Å². The van der Waals surface area contributed by atoms with Gasteiger partial charge >= 0.3 is 11.9 Å². The number of anilines is 1. The van der Waals surface area contributed by atoms with Gasteiger partial charge in [0.25, 0.3) is 0 Å². The Balaban J connectivity index is 2.68. The second-order valence-electron chi connectivity index (χ2n) is 6.40. The molecule has 1 unspecified atom stereocenters. The molecule has 0 aliphatic heterocycles. The van der Waals surface area contributed by atoms with E-state index >= 15 is 0 Å². The van der Waals surface area contributed by atoms with E-state index in [9.17, 15) is 14.7 Å². The number of benzene rings is 1. The zero-order valence-electron chi connectivity index (χ0n) is 14.8. The number of rotatable bonds is 8. The molecular weight excluding hydrogens is 310 g/mol. The second-order valence-corrected chi connectivity index (χ2v) is 6.40. The van der Waals surface area contributed by atoms with Crippen molar-refractivity contribution in [1.82, 2.24) is 0 Å². The van der Waals surface area contributed by atoms with Crippen LogP contribution in [0.3, 0.4) is 0 Å². The van der Waals surface area contributed by atoms with Crippen LogP contribution in [0.15, 0.2) is 30.3 Å². The Morgan fingerprint density at radius 1 is 1.21 bits per heavy atom. The Labute approximate surface area is 143 Å². The van der Waals surface area contributed by atoms with Gasteiger partial charge in [-0.3, -0.25) is 4.79 Å². The molecule has 0 heterocycles. The number of carbonyl (C=O) groups excluding carboxylic acids is 2. The van der Waals surface area contributed by atoms with Gasteiger partial charge in [0.05, 0.1) is 6.61 Å². The van der Waals surface area contributed by atoms with Gasteiger partial charge in [0.1, 0.15) is 12.1 Å². The summed E-state index contributed by atoms with van der Waals surface area (Å²) in [5.74, 6) is -1.01. The molecule has 0 aromatic heterocycles. The predicted octanol–water partition coefficient (Wildman–Crippen LogP) is 2.15. The van der Waals surface area contributed by atoms with Crippen LogP contribution >= 0.6 is 0 Å². The summed E-state index contributed by atoms with van der Waals surface area (Å²) in [6, 6.07) is 9.31. The number of esters is 2. The first-order valence-electron chi connectivity index (χ1n) is 8.09. The topological polar surface area (TPSA) is 76.1 Å². The molecule has 0 aliphatic carbocycles. The molecule has 0 fully saturated rings. The number of carbonyl (C=O) groups is 2. The summed E-state index contributed by atoms with van der Waals surface area (Å²) in [6.45, 7) is 7.67. The average Bonchev–Trinajstić information content (AvgIpc) is 2.50. The average molecular weight is 337 g/mol. The third-order valence-electron chi connectivity index (χ3n) is 3.10. The quantitative estimate of drug-likeness (QED) is 0.733. The van der Waals surface area contributed by atoms with Gasteiger partial charge in [-0.1, -0.05) is 18.2 Å². The first-order chi connectivity index (χ1) is 11.2. The fourth-order valence-electron chi connectivity index (χ4n) is 2.07. The van der Waals surface area contributed by atoms with Gasteiger partial charge in [-0.25, -0.2) is 4.79 Å². The maximum absolute atomic E-state index is 11.9. The monoisotopic (exact) mass is 337 g/mol. The molecule has 0 amide bonds. The van der Waals surface area contributed by atoms with Crippen LogP contribution in [0, 0.1) is 0 Å². The Kier molecular flexibility index (Phi) is 7.71.